The van der Waals surface area contributed by atoms with Crippen LogP contribution in [0.5, 0.6) is 0 Å². The maximum atomic E-state index is 11.0. The molecule has 0 amide bonds. The highest BCUT2D eigenvalue weighted by atomic mass is 79.9. The number of nitrogens with two attached hydrogens (primary N) is 1. The minimum atomic E-state index is -0.184. The number of anilines is 1. The fourth-order valence-electron chi connectivity index (χ4n) is 1.65. The van der Waals surface area contributed by atoms with Gasteiger partial charge in [0, 0.05) is 30.0 Å². The molecule has 0 saturated carbocycles. The van der Waals surface area contributed by atoms with E-state index in [1.54, 1.807) is 0 Å². The Morgan fingerprint density at radius 1 is 1.53 bits per heavy atom. The number of methoxy groups -OCH3 is 1. The minimum absolute atomic E-state index is 0.184. The van der Waals surface area contributed by atoms with Gasteiger partial charge in [0.25, 0.3) is 0 Å². The smallest absolute Gasteiger partial charge is 0.305 e. The third-order valence-electron chi connectivity index (χ3n) is 2.75. The van der Waals surface area contributed by atoms with Crippen molar-refractivity contribution in [3.05, 3.63) is 28.2 Å². The predicted molar refractivity (Wildman–Crippen MR) is 84.5 cm³/mol. The molecule has 0 radical (unpaired) electrons. The molecular weight excluding hydrogens is 328 g/mol. The zero-order chi connectivity index (χ0) is 14.4. The molecule has 2 N–H and O–H groups in total. The molecule has 1 aromatic carbocycles. The van der Waals surface area contributed by atoms with Crippen LogP contribution in [0.3, 0.4) is 0 Å². The first-order chi connectivity index (χ1) is 8.95. The zero-order valence-corrected chi connectivity index (χ0v) is 13.4. The third-order valence-corrected chi connectivity index (χ3v) is 3.62. The van der Waals surface area contributed by atoms with E-state index in [2.05, 4.69) is 25.6 Å². The lowest BCUT2D eigenvalue weighted by Gasteiger charge is -2.21. The average Bonchev–Trinajstić information content (AvgIpc) is 2.37. The van der Waals surface area contributed by atoms with E-state index in [0.29, 0.717) is 11.4 Å². The maximum Gasteiger partial charge on any atom is 0.305 e. The second-order valence-electron chi connectivity index (χ2n) is 4.13. The van der Waals surface area contributed by atoms with Gasteiger partial charge >= 0.3 is 5.97 Å². The molecule has 0 saturated heterocycles. The van der Waals surface area contributed by atoms with Gasteiger partial charge in [0.1, 0.15) is 4.99 Å². The zero-order valence-electron chi connectivity index (χ0n) is 11.0. The summed E-state index contributed by atoms with van der Waals surface area (Å²) >= 11 is 8.44. The van der Waals surface area contributed by atoms with Crippen molar-refractivity contribution in [2.24, 2.45) is 5.73 Å². The number of esters is 1. The largest absolute Gasteiger partial charge is 0.469 e. The molecule has 0 unspecified atom stereocenters. The van der Waals surface area contributed by atoms with E-state index in [1.165, 1.54) is 7.11 Å². The van der Waals surface area contributed by atoms with Gasteiger partial charge in [-0.05, 0) is 40.5 Å². The summed E-state index contributed by atoms with van der Waals surface area (Å²) in [5.74, 6) is -0.184. The SMILES string of the molecule is COC(=O)CCCN(C)c1ccc(C(N)=S)cc1Br. The molecule has 4 nitrogen and oxygen atoms in total. The molecule has 0 spiro atoms. The summed E-state index contributed by atoms with van der Waals surface area (Å²) < 4.78 is 5.54. The van der Waals surface area contributed by atoms with Gasteiger partial charge in [0.05, 0.1) is 12.8 Å². The molecular formula is C13H17BrN2O2S. The molecule has 0 aromatic heterocycles. The van der Waals surface area contributed by atoms with Gasteiger partial charge in [-0.2, -0.15) is 0 Å². The normalized spacial score (nSPS) is 10.1. The van der Waals surface area contributed by atoms with E-state index in [-0.39, 0.29) is 5.97 Å². The molecule has 0 bridgehead atoms. The van der Waals surface area contributed by atoms with Crippen LogP contribution in [-0.4, -0.2) is 31.7 Å². The lowest BCUT2D eigenvalue weighted by atomic mass is 10.2. The Kier molecular flexibility index (Phi) is 6.24. The first-order valence-electron chi connectivity index (χ1n) is 5.83. The number of ether oxygens (including phenoxy) is 1. The number of benzene rings is 1. The van der Waals surface area contributed by atoms with Gasteiger partial charge < -0.3 is 15.4 Å². The number of hydrogen-bond donors (Lipinski definition) is 1. The van der Waals surface area contributed by atoms with Crippen molar-refractivity contribution < 1.29 is 9.53 Å². The van der Waals surface area contributed by atoms with Crippen LogP contribution in [0.15, 0.2) is 22.7 Å². The topological polar surface area (TPSA) is 55.6 Å². The summed E-state index contributed by atoms with van der Waals surface area (Å²) in [6, 6.07) is 5.74. The van der Waals surface area contributed by atoms with Crippen LogP contribution >= 0.6 is 28.1 Å². The Bertz CT molecular complexity index is 480. The van der Waals surface area contributed by atoms with Crippen molar-refractivity contribution in [2.45, 2.75) is 12.8 Å². The van der Waals surface area contributed by atoms with Crippen molar-refractivity contribution in [2.75, 3.05) is 25.6 Å². The van der Waals surface area contributed by atoms with Crippen molar-refractivity contribution >= 4 is 44.8 Å². The van der Waals surface area contributed by atoms with Crippen LogP contribution < -0.4 is 10.6 Å². The quantitative estimate of drug-likeness (QED) is 0.634. The predicted octanol–water partition coefficient (Wildman–Crippen LogP) is 2.47. The standard InChI is InChI=1S/C13H17BrN2O2S/c1-16(7-3-4-12(17)18-2)11-6-5-9(13(15)19)8-10(11)14/h5-6,8H,3-4,7H2,1-2H3,(H2,15,19). The number of hydrogen-bond acceptors (Lipinski definition) is 4. The average molecular weight is 345 g/mol. The molecule has 104 valence electrons. The number of carbonyl (C=O) groups excluding carboxylic acids is 1. The van der Waals surface area contributed by atoms with E-state index < -0.39 is 0 Å². The fraction of sp³-hybridized carbons (Fsp3) is 0.385. The summed E-state index contributed by atoms with van der Waals surface area (Å²) in [6.45, 7) is 0.764. The Morgan fingerprint density at radius 2 is 2.21 bits per heavy atom. The van der Waals surface area contributed by atoms with E-state index in [1.807, 2.05) is 25.2 Å². The molecule has 0 fully saturated rings. The van der Waals surface area contributed by atoms with Gasteiger partial charge in [-0.1, -0.05) is 12.2 Å². The number of halogens is 1. The van der Waals surface area contributed by atoms with E-state index in [0.717, 1.165) is 28.7 Å². The van der Waals surface area contributed by atoms with E-state index >= 15 is 0 Å². The monoisotopic (exact) mass is 344 g/mol. The van der Waals surface area contributed by atoms with Crippen molar-refractivity contribution in [3.8, 4) is 0 Å². The fourth-order valence-corrected chi connectivity index (χ4v) is 2.46. The third kappa shape index (κ3) is 4.80. The van der Waals surface area contributed by atoms with Crippen LogP contribution in [0.1, 0.15) is 18.4 Å². The number of nitrogens with zero attached hydrogens (tertiary/aromatic N) is 1. The maximum absolute atomic E-state index is 11.0. The second kappa shape index (κ2) is 7.45. The molecule has 0 aliphatic carbocycles. The summed E-state index contributed by atoms with van der Waals surface area (Å²) in [7, 11) is 3.37. The lowest BCUT2D eigenvalue weighted by Crippen LogP contribution is -2.20. The Hall–Kier alpha value is -1.14. The first kappa shape index (κ1) is 15.9. The summed E-state index contributed by atoms with van der Waals surface area (Å²) in [5, 5.41) is 0. The van der Waals surface area contributed by atoms with Crippen LogP contribution in [0.2, 0.25) is 0 Å². The lowest BCUT2D eigenvalue weighted by molar-refractivity contribution is -0.140. The minimum Gasteiger partial charge on any atom is -0.469 e. The van der Waals surface area contributed by atoms with Gasteiger partial charge in [0.15, 0.2) is 0 Å². The molecule has 1 aromatic rings. The van der Waals surface area contributed by atoms with Crippen molar-refractivity contribution in [1.29, 1.82) is 0 Å². The second-order valence-corrected chi connectivity index (χ2v) is 5.43. The number of thiocarbonyl (C=S) groups is 1. The highest BCUT2D eigenvalue weighted by Gasteiger charge is 2.08. The highest BCUT2D eigenvalue weighted by Crippen LogP contribution is 2.26. The first-order valence-corrected chi connectivity index (χ1v) is 7.03. The van der Waals surface area contributed by atoms with Crippen LogP contribution in [0.25, 0.3) is 0 Å². The Labute approximate surface area is 127 Å². The summed E-state index contributed by atoms with van der Waals surface area (Å²) in [6.07, 6.45) is 1.16. The van der Waals surface area contributed by atoms with Gasteiger partial charge in [-0.15, -0.1) is 0 Å². The Morgan fingerprint density at radius 3 is 2.74 bits per heavy atom. The van der Waals surface area contributed by atoms with E-state index in [4.69, 9.17) is 18.0 Å². The molecule has 0 atom stereocenters. The van der Waals surface area contributed by atoms with Gasteiger partial charge in [0.2, 0.25) is 0 Å². The number of carbonyl (C=O) groups is 1. The van der Waals surface area contributed by atoms with Crippen molar-refractivity contribution in [1.82, 2.24) is 0 Å². The number of rotatable bonds is 6. The molecule has 6 heteroatoms. The van der Waals surface area contributed by atoms with Crippen LogP contribution in [-0.2, 0) is 9.53 Å². The Balaban J connectivity index is 2.64. The molecule has 0 aliphatic heterocycles. The molecule has 19 heavy (non-hydrogen) atoms. The summed E-state index contributed by atoms with van der Waals surface area (Å²) in [5.41, 5.74) is 7.44. The molecule has 0 aliphatic rings. The molecule has 1 rings (SSSR count). The van der Waals surface area contributed by atoms with Crippen molar-refractivity contribution in [3.63, 3.8) is 0 Å². The van der Waals surface area contributed by atoms with Gasteiger partial charge in [-0.25, -0.2) is 0 Å². The van der Waals surface area contributed by atoms with Crippen LogP contribution in [0.4, 0.5) is 5.69 Å². The highest BCUT2D eigenvalue weighted by molar-refractivity contribution is 9.10. The molecule has 0 heterocycles. The van der Waals surface area contributed by atoms with Gasteiger partial charge in [-0.3, -0.25) is 4.79 Å². The van der Waals surface area contributed by atoms with Crippen LogP contribution in [0, 0.1) is 0 Å². The summed E-state index contributed by atoms with van der Waals surface area (Å²) in [4.78, 5) is 13.5. The van der Waals surface area contributed by atoms with E-state index in [9.17, 15) is 4.79 Å².